The van der Waals surface area contributed by atoms with E-state index < -0.39 is 42.3 Å². The van der Waals surface area contributed by atoms with Gasteiger partial charge in [-0.3, -0.25) is 9.59 Å². The van der Waals surface area contributed by atoms with Crippen molar-refractivity contribution in [1.29, 1.82) is 0 Å². The highest BCUT2D eigenvalue weighted by atomic mass is 16.6. The van der Waals surface area contributed by atoms with E-state index in [1.165, 1.54) is 6.92 Å². The van der Waals surface area contributed by atoms with Crippen molar-refractivity contribution < 1.29 is 43.6 Å². The van der Waals surface area contributed by atoms with E-state index in [1.54, 1.807) is 20.8 Å². The lowest BCUT2D eigenvalue weighted by atomic mass is 9.95. The average Bonchev–Trinajstić information content (AvgIpc) is 2.48. The molecule has 0 amide bonds. The van der Waals surface area contributed by atoms with Crippen LogP contribution in [0.2, 0.25) is 0 Å². The van der Waals surface area contributed by atoms with Crippen molar-refractivity contribution in [2.24, 2.45) is 0 Å². The standard InChI is InChI=1S/C12H20O7.C4H6O2/c1-4-17-9(13)7-12(16,11(15)19-6-3)8-10(14)18-5-2;1-3(2)4(5)6/h16H,4-8H2,1-3H3;1H2,2H3,(H,5,6). The van der Waals surface area contributed by atoms with Crippen LogP contribution in [0.3, 0.4) is 0 Å². The molecule has 0 spiro atoms. The zero-order chi connectivity index (χ0) is 20.0. The number of aliphatic carboxylic acids is 1. The number of carboxylic acids is 1. The maximum absolute atomic E-state index is 11.7. The molecule has 0 heterocycles. The van der Waals surface area contributed by atoms with E-state index in [0.717, 1.165) is 0 Å². The predicted molar refractivity (Wildman–Crippen MR) is 86.5 cm³/mol. The van der Waals surface area contributed by atoms with E-state index in [9.17, 15) is 24.3 Å². The molecule has 2 N–H and O–H groups in total. The summed E-state index contributed by atoms with van der Waals surface area (Å²) in [5.74, 6) is -3.56. The molecule has 0 bridgehead atoms. The van der Waals surface area contributed by atoms with Gasteiger partial charge in [0.25, 0.3) is 0 Å². The highest BCUT2D eigenvalue weighted by molar-refractivity contribution is 5.90. The highest BCUT2D eigenvalue weighted by Crippen LogP contribution is 2.19. The van der Waals surface area contributed by atoms with E-state index in [2.05, 4.69) is 20.8 Å². The Morgan fingerprint density at radius 1 is 0.880 bits per heavy atom. The van der Waals surface area contributed by atoms with Crippen LogP contribution in [-0.4, -0.2) is 59.5 Å². The number of esters is 3. The van der Waals surface area contributed by atoms with Crippen molar-refractivity contribution in [2.45, 2.75) is 46.1 Å². The Morgan fingerprint density at radius 2 is 1.20 bits per heavy atom. The number of carboxylic acid groups (broad SMARTS) is 1. The average molecular weight is 362 g/mol. The van der Waals surface area contributed by atoms with Crippen molar-refractivity contribution in [3.8, 4) is 0 Å². The summed E-state index contributed by atoms with van der Waals surface area (Å²) in [6, 6.07) is 0. The molecule has 25 heavy (non-hydrogen) atoms. The molecule has 0 saturated carbocycles. The summed E-state index contributed by atoms with van der Waals surface area (Å²) in [6.45, 7) is 9.57. The molecule has 0 aliphatic heterocycles. The molecule has 0 fully saturated rings. The second kappa shape index (κ2) is 12.9. The normalized spacial score (nSPS) is 9.96. The third-order valence-electron chi connectivity index (χ3n) is 2.50. The molecule has 0 aliphatic rings. The van der Waals surface area contributed by atoms with Gasteiger partial charge in [0.1, 0.15) is 0 Å². The number of ether oxygens (including phenoxy) is 3. The van der Waals surface area contributed by atoms with Crippen LogP contribution in [0.4, 0.5) is 0 Å². The van der Waals surface area contributed by atoms with Gasteiger partial charge in [0.05, 0.1) is 32.7 Å². The van der Waals surface area contributed by atoms with Crippen LogP contribution in [0.15, 0.2) is 12.2 Å². The summed E-state index contributed by atoms with van der Waals surface area (Å²) in [5, 5.41) is 18.0. The van der Waals surface area contributed by atoms with Crippen LogP contribution in [0, 0.1) is 0 Å². The Kier molecular flexibility index (Phi) is 12.8. The van der Waals surface area contributed by atoms with Gasteiger partial charge in [-0.25, -0.2) is 9.59 Å². The van der Waals surface area contributed by atoms with Crippen LogP contribution in [0.5, 0.6) is 0 Å². The molecule has 144 valence electrons. The summed E-state index contributed by atoms with van der Waals surface area (Å²) in [4.78, 5) is 44.0. The fourth-order valence-electron chi connectivity index (χ4n) is 1.37. The summed E-state index contributed by atoms with van der Waals surface area (Å²) in [5.41, 5.74) is -2.08. The topological polar surface area (TPSA) is 136 Å². The Morgan fingerprint density at radius 3 is 1.44 bits per heavy atom. The first-order valence-electron chi connectivity index (χ1n) is 7.63. The molecular weight excluding hydrogens is 336 g/mol. The number of hydrogen-bond donors (Lipinski definition) is 2. The lowest BCUT2D eigenvalue weighted by Crippen LogP contribution is -2.44. The molecule has 9 heteroatoms. The van der Waals surface area contributed by atoms with Gasteiger partial charge in [-0.1, -0.05) is 6.58 Å². The largest absolute Gasteiger partial charge is 0.478 e. The van der Waals surface area contributed by atoms with Crippen LogP contribution < -0.4 is 0 Å². The zero-order valence-electron chi connectivity index (χ0n) is 15.0. The second-order valence-electron chi connectivity index (χ2n) is 4.80. The lowest BCUT2D eigenvalue weighted by molar-refractivity contribution is -0.177. The van der Waals surface area contributed by atoms with E-state index >= 15 is 0 Å². The minimum Gasteiger partial charge on any atom is -0.478 e. The fraction of sp³-hybridized carbons (Fsp3) is 0.625. The first-order chi connectivity index (χ1) is 11.5. The third-order valence-corrected chi connectivity index (χ3v) is 2.50. The monoisotopic (exact) mass is 362 g/mol. The van der Waals surface area contributed by atoms with Gasteiger partial charge in [-0.15, -0.1) is 0 Å². The van der Waals surface area contributed by atoms with Gasteiger partial charge in [-0.2, -0.15) is 0 Å². The second-order valence-corrected chi connectivity index (χ2v) is 4.80. The SMILES string of the molecule is C=C(C)C(=O)O.CCOC(=O)CC(O)(CC(=O)OCC)C(=O)OCC. The quantitative estimate of drug-likeness (QED) is 0.347. The van der Waals surface area contributed by atoms with E-state index in [0.29, 0.717) is 0 Å². The molecule has 0 aromatic rings. The number of hydrogen-bond acceptors (Lipinski definition) is 8. The maximum Gasteiger partial charge on any atom is 0.339 e. The van der Waals surface area contributed by atoms with Gasteiger partial charge >= 0.3 is 23.9 Å². The van der Waals surface area contributed by atoms with Crippen LogP contribution >= 0.6 is 0 Å². The summed E-state index contributed by atoms with van der Waals surface area (Å²) in [7, 11) is 0. The van der Waals surface area contributed by atoms with E-state index in [-0.39, 0.29) is 25.4 Å². The Labute approximate surface area is 146 Å². The molecule has 0 aromatic carbocycles. The van der Waals surface area contributed by atoms with Gasteiger partial charge in [-0.05, 0) is 27.7 Å². The van der Waals surface area contributed by atoms with Crippen molar-refractivity contribution in [3.63, 3.8) is 0 Å². The smallest absolute Gasteiger partial charge is 0.339 e. The predicted octanol–water partition coefficient (Wildman–Crippen LogP) is 0.834. The Hall–Kier alpha value is -2.42. The summed E-state index contributed by atoms with van der Waals surface area (Å²) >= 11 is 0. The molecule has 0 atom stereocenters. The van der Waals surface area contributed by atoms with E-state index in [1.807, 2.05) is 0 Å². The highest BCUT2D eigenvalue weighted by Gasteiger charge is 2.43. The molecule has 0 rings (SSSR count). The van der Waals surface area contributed by atoms with Gasteiger partial charge in [0.15, 0.2) is 5.60 Å². The number of rotatable bonds is 9. The minimum atomic E-state index is -2.26. The van der Waals surface area contributed by atoms with Crippen molar-refractivity contribution in [3.05, 3.63) is 12.2 Å². The number of carbonyl (C=O) groups is 4. The molecule has 0 unspecified atom stereocenters. The van der Waals surface area contributed by atoms with Gasteiger partial charge in [0, 0.05) is 5.57 Å². The molecule has 0 aliphatic carbocycles. The van der Waals surface area contributed by atoms with Crippen LogP contribution in [0.25, 0.3) is 0 Å². The first kappa shape index (κ1) is 24.8. The zero-order valence-corrected chi connectivity index (χ0v) is 15.0. The Bertz CT molecular complexity index is 450. The number of carbonyl (C=O) groups excluding carboxylic acids is 3. The van der Waals surface area contributed by atoms with Crippen LogP contribution in [-0.2, 0) is 33.4 Å². The van der Waals surface area contributed by atoms with Gasteiger partial charge in [0.2, 0.25) is 0 Å². The maximum atomic E-state index is 11.7. The molecule has 9 nitrogen and oxygen atoms in total. The summed E-state index contributed by atoms with van der Waals surface area (Å²) in [6.07, 6.45) is -1.31. The lowest BCUT2D eigenvalue weighted by Gasteiger charge is -2.23. The first-order valence-corrected chi connectivity index (χ1v) is 7.63. The molecule has 0 radical (unpaired) electrons. The minimum absolute atomic E-state index is 0.0206. The molecule has 0 aromatic heterocycles. The molecular formula is C16H26O9. The van der Waals surface area contributed by atoms with Crippen molar-refractivity contribution in [1.82, 2.24) is 0 Å². The Balaban J connectivity index is 0. The molecule has 0 saturated heterocycles. The number of aliphatic hydroxyl groups is 1. The summed E-state index contributed by atoms with van der Waals surface area (Å²) < 4.78 is 14.0. The van der Waals surface area contributed by atoms with Crippen molar-refractivity contribution in [2.75, 3.05) is 19.8 Å². The third kappa shape index (κ3) is 11.7. The van der Waals surface area contributed by atoms with Crippen molar-refractivity contribution >= 4 is 23.9 Å². The van der Waals surface area contributed by atoms with Gasteiger partial charge < -0.3 is 24.4 Å². The fourth-order valence-corrected chi connectivity index (χ4v) is 1.37. The van der Waals surface area contributed by atoms with Crippen LogP contribution in [0.1, 0.15) is 40.5 Å². The van der Waals surface area contributed by atoms with E-state index in [4.69, 9.17) is 5.11 Å².